The normalized spacial score (nSPS) is 11.0. The van der Waals surface area contributed by atoms with Gasteiger partial charge in [-0.1, -0.05) is 30.3 Å². The lowest BCUT2D eigenvalue weighted by Gasteiger charge is -2.07. The van der Waals surface area contributed by atoms with Crippen LogP contribution in [0.4, 0.5) is 0 Å². The lowest BCUT2D eigenvalue weighted by molar-refractivity contribution is -0.143. The van der Waals surface area contributed by atoms with E-state index in [1.165, 1.54) is 0 Å². The van der Waals surface area contributed by atoms with Crippen LogP contribution in [0.15, 0.2) is 35.9 Å². The van der Waals surface area contributed by atoms with Crippen LogP contribution in [0, 0.1) is 0 Å². The molecule has 1 aromatic rings. The van der Waals surface area contributed by atoms with E-state index in [4.69, 9.17) is 9.47 Å². The maximum atomic E-state index is 11.9. The van der Waals surface area contributed by atoms with Crippen LogP contribution in [-0.4, -0.2) is 25.2 Å². The number of hydrogen-bond acceptors (Lipinski definition) is 4. The first-order chi connectivity index (χ1) is 9.67. The van der Waals surface area contributed by atoms with Crippen molar-refractivity contribution in [2.24, 2.45) is 0 Å². The van der Waals surface area contributed by atoms with Gasteiger partial charge >= 0.3 is 11.9 Å². The number of ether oxygens (including phenoxy) is 2. The van der Waals surface area contributed by atoms with Crippen LogP contribution >= 0.6 is 0 Å². The zero-order chi connectivity index (χ0) is 14.8. The molecular weight excluding hydrogens is 256 g/mol. The third kappa shape index (κ3) is 5.69. The Morgan fingerprint density at radius 2 is 1.65 bits per heavy atom. The van der Waals surface area contributed by atoms with Gasteiger partial charge in [-0.05, 0) is 31.9 Å². The average Bonchev–Trinajstić information content (AvgIpc) is 2.45. The molecule has 0 heterocycles. The Balaban J connectivity index is 2.78. The molecule has 0 aliphatic heterocycles. The molecular formula is C16H20O4. The molecule has 0 saturated carbocycles. The van der Waals surface area contributed by atoms with Gasteiger partial charge in [-0.15, -0.1) is 0 Å². The molecule has 0 spiro atoms. The maximum absolute atomic E-state index is 11.9. The number of rotatable bonds is 7. The van der Waals surface area contributed by atoms with Gasteiger partial charge in [0, 0.05) is 12.0 Å². The molecule has 0 aromatic heterocycles. The second-order valence-corrected chi connectivity index (χ2v) is 4.11. The van der Waals surface area contributed by atoms with Crippen molar-refractivity contribution in [3.05, 3.63) is 41.5 Å². The van der Waals surface area contributed by atoms with Crippen LogP contribution < -0.4 is 0 Å². The largest absolute Gasteiger partial charge is 0.466 e. The lowest BCUT2D eigenvalue weighted by atomic mass is 10.1. The van der Waals surface area contributed by atoms with Crippen molar-refractivity contribution < 1.29 is 19.1 Å². The summed E-state index contributed by atoms with van der Waals surface area (Å²) in [6.45, 7) is 4.16. The van der Waals surface area contributed by atoms with Gasteiger partial charge in [0.1, 0.15) is 0 Å². The third-order valence-electron chi connectivity index (χ3n) is 2.58. The van der Waals surface area contributed by atoms with Gasteiger partial charge in [-0.2, -0.15) is 0 Å². The predicted molar refractivity (Wildman–Crippen MR) is 76.9 cm³/mol. The van der Waals surface area contributed by atoms with E-state index < -0.39 is 0 Å². The second kappa shape index (κ2) is 8.91. The number of benzene rings is 1. The van der Waals surface area contributed by atoms with E-state index in [2.05, 4.69) is 0 Å². The predicted octanol–water partition coefficient (Wildman–Crippen LogP) is 2.98. The summed E-state index contributed by atoms with van der Waals surface area (Å²) in [4.78, 5) is 23.3. The molecule has 0 bridgehead atoms. The highest BCUT2D eigenvalue weighted by atomic mass is 16.5. The van der Waals surface area contributed by atoms with Crippen molar-refractivity contribution >= 4 is 18.0 Å². The molecule has 1 rings (SSSR count). The summed E-state index contributed by atoms with van der Waals surface area (Å²) in [6.07, 6.45) is 2.23. The highest BCUT2D eigenvalue weighted by Gasteiger charge is 2.13. The van der Waals surface area contributed by atoms with Crippen molar-refractivity contribution in [3.63, 3.8) is 0 Å². The average molecular weight is 276 g/mol. The molecule has 0 fully saturated rings. The van der Waals surface area contributed by atoms with Crippen molar-refractivity contribution in [1.82, 2.24) is 0 Å². The van der Waals surface area contributed by atoms with Crippen LogP contribution in [0.3, 0.4) is 0 Å². The van der Waals surface area contributed by atoms with E-state index in [1.54, 1.807) is 19.9 Å². The van der Waals surface area contributed by atoms with E-state index in [1.807, 2.05) is 30.3 Å². The molecule has 0 aliphatic rings. The van der Waals surface area contributed by atoms with Crippen LogP contribution in [-0.2, 0) is 19.1 Å². The molecule has 4 heteroatoms. The van der Waals surface area contributed by atoms with Gasteiger partial charge in [0.15, 0.2) is 0 Å². The quantitative estimate of drug-likeness (QED) is 0.567. The monoisotopic (exact) mass is 276 g/mol. The van der Waals surface area contributed by atoms with E-state index in [0.717, 1.165) is 5.56 Å². The Labute approximate surface area is 119 Å². The summed E-state index contributed by atoms with van der Waals surface area (Å²) >= 11 is 0. The molecule has 108 valence electrons. The third-order valence-corrected chi connectivity index (χ3v) is 2.58. The summed E-state index contributed by atoms with van der Waals surface area (Å²) in [7, 11) is 0. The second-order valence-electron chi connectivity index (χ2n) is 4.11. The minimum absolute atomic E-state index is 0.172. The maximum Gasteiger partial charge on any atom is 0.334 e. The van der Waals surface area contributed by atoms with Gasteiger partial charge in [0.2, 0.25) is 0 Å². The van der Waals surface area contributed by atoms with Crippen molar-refractivity contribution in [2.45, 2.75) is 26.7 Å². The van der Waals surface area contributed by atoms with E-state index >= 15 is 0 Å². The van der Waals surface area contributed by atoms with Crippen molar-refractivity contribution in [1.29, 1.82) is 0 Å². The van der Waals surface area contributed by atoms with Gasteiger partial charge < -0.3 is 9.47 Å². The molecule has 4 nitrogen and oxygen atoms in total. The van der Waals surface area contributed by atoms with Gasteiger partial charge in [0.05, 0.1) is 13.2 Å². The first kappa shape index (κ1) is 16.0. The Morgan fingerprint density at radius 3 is 2.25 bits per heavy atom. The summed E-state index contributed by atoms with van der Waals surface area (Å²) in [6, 6.07) is 9.47. The van der Waals surface area contributed by atoms with Crippen LogP contribution in [0.2, 0.25) is 0 Å². The first-order valence-electron chi connectivity index (χ1n) is 6.75. The van der Waals surface area contributed by atoms with Crippen LogP contribution in [0.1, 0.15) is 32.3 Å². The van der Waals surface area contributed by atoms with E-state index in [9.17, 15) is 9.59 Å². The molecule has 0 unspecified atom stereocenters. The molecule has 0 amide bonds. The lowest BCUT2D eigenvalue weighted by Crippen LogP contribution is -2.11. The molecule has 1 aromatic carbocycles. The van der Waals surface area contributed by atoms with Crippen LogP contribution in [0.5, 0.6) is 0 Å². The standard InChI is InChI=1S/C16H20O4/c1-3-19-15(17)11-10-14(16(18)20-4-2)12-13-8-6-5-7-9-13/h5-9,12H,3-4,10-11H2,1-2H3. The zero-order valence-corrected chi connectivity index (χ0v) is 11.9. The van der Waals surface area contributed by atoms with E-state index in [-0.39, 0.29) is 18.4 Å². The minimum atomic E-state index is -0.388. The van der Waals surface area contributed by atoms with E-state index in [0.29, 0.717) is 25.2 Å². The highest BCUT2D eigenvalue weighted by Crippen LogP contribution is 2.14. The summed E-state index contributed by atoms with van der Waals surface area (Å²) in [5, 5.41) is 0. The fourth-order valence-corrected chi connectivity index (χ4v) is 1.68. The van der Waals surface area contributed by atoms with Gasteiger partial charge in [-0.25, -0.2) is 4.79 Å². The minimum Gasteiger partial charge on any atom is -0.466 e. The molecule has 0 aliphatic carbocycles. The van der Waals surface area contributed by atoms with Gasteiger partial charge in [0.25, 0.3) is 0 Å². The van der Waals surface area contributed by atoms with Crippen molar-refractivity contribution in [2.75, 3.05) is 13.2 Å². The summed E-state index contributed by atoms with van der Waals surface area (Å²) in [5.74, 6) is -0.698. The van der Waals surface area contributed by atoms with Crippen LogP contribution in [0.25, 0.3) is 6.08 Å². The molecule has 0 atom stereocenters. The van der Waals surface area contributed by atoms with Crippen molar-refractivity contribution in [3.8, 4) is 0 Å². The molecule has 20 heavy (non-hydrogen) atoms. The number of hydrogen-bond donors (Lipinski definition) is 0. The molecule has 0 N–H and O–H groups in total. The summed E-state index contributed by atoms with van der Waals surface area (Å²) in [5.41, 5.74) is 1.38. The number of carbonyl (C=O) groups is 2. The Hall–Kier alpha value is -2.10. The highest BCUT2D eigenvalue weighted by molar-refractivity contribution is 5.94. The Kier molecular flexibility index (Phi) is 7.11. The van der Waals surface area contributed by atoms with Gasteiger partial charge in [-0.3, -0.25) is 4.79 Å². The Bertz CT molecular complexity index is 463. The number of esters is 2. The zero-order valence-electron chi connectivity index (χ0n) is 11.9. The smallest absolute Gasteiger partial charge is 0.334 e. The SMILES string of the molecule is CCOC(=O)CCC(=Cc1ccccc1)C(=O)OCC. The molecule has 0 saturated heterocycles. The fraction of sp³-hybridized carbons (Fsp3) is 0.375. The number of carbonyl (C=O) groups excluding carboxylic acids is 2. The Morgan fingerprint density at radius 1 is 1.00 bits per heavy atom. The molecule has 0 radical (unpaired) electrons. The fourth-order valence-electron chi connectivity index (χ4n) is 1.68. The topological polar surface area (TPSA) is 52.6 Å². The summed E-state index contributed by atoms with van der Waals surface area (Å²) < 4.78 is 9.87. The first-order valence-corrected chi connectivity index (χ1v) is 6.75.